The van der Waals surface area contributed by atoms with E-state index in [0.29, 0.717) is 10.8 Å². The third-order valence-electron chi connectivity index (χ3n) is 3.16. The van der Waals surface area contributed by atoms with Crippen molar-refractivity contribution in [3.05, 3.63) is 17.0 Å². The Balaban J connectivity index is 2.28. The molecule has 2 rings (SSSR count). The van der Waals surface area contributed by atoms with E-state index in [1.807, 2.05) is 19.9 Å². The Hall–Kier alpha value is -0.430. The minimum atomic E-state index is -3.31. The molecule has 1 saturated heterocycles. The van der Waals surface area contributed by atoms with Crippen LogP contribution in [0.2, 0.25) is 0 Å². The van der Waals surface area contributed by atoms with E-state index in [2.05, 4.69) is 5.32 Å². The molecule has 0 radical (unpaired) electrons. The van der Waals surface area contributed by atoms with Crippen molar-refractivity contribution in [2.45, 2.75) is 36.9 Å². The van der Waals surface area contributed by atoms with Gasteiger partial charge in [0, 0.05) is 24.0 Å². The normalized spacial score (nSPS) is 20.7. The van der Waals surface area contributed by atoms with Crippen LogP contribution in [-0.4, -0.2) is 38.4 Å². The Bertz CT molecular complexity index is 490. The van der Waals surface area contributed by atoms with Crippen LogP contribution < -0.4 is 5.32 Å². The minimum absolute atomic E-state index is 0.109. The fraction of sp³-hybridized carbons (Fsp3) is 0.667. The number of hydrogen-bond acceptors (Lipinski definition) is 4. The van der Waals surface area contributed by atoms with Crippen molar-refractivity contribution < 1.29 is 8.42 Å². The molecule has 1 N–H and O–H groups in total. The van der Waals surface area contributed by atoms with E-state index in [1.54, 1.807) is 10.4 Å². The highest BCUT2D eigenvalue weighted by Gasteiger charge is 2.33. The molecule has 1 aliphatic heterocycles. The maximum Gasteiger partial charge on any atom is 0.252 e. The van der Waals surface area contributed by atoms with Crippen molar-refractivity contribution in [3.63, 3.8) is 0 Å². The van der Waals surface area contributed by atoms with Gasteiger partial charge in [-0.25, -0.2) is 8.42 Å². The van der Waals surface area contributed by atoms with E-state index < -0.39 is 10.0 Å². The van der Waals surface area contributed by atoms with Crippen molar-refractivity contribution >= 4 is 21.4 Å². The smallest absolute Gasteiger partial charge is 0.252 e. The highest BCUT2D eigenvalue weighted by Crippen LogP contribution is 2.27. The summed E-state index contributed by atoms with van der Waals surface area (Å²) in [6.07, 6.45) is 1.75. The van der Waals surface area contributed by atoms with Crippen LogP contribution in [0.15, 0.2) is 16.3 Å². The van der Waals surface area contributed by atoms with Gasteiger partial charge < -0.3 is 5.32 Å². The number of hydrogen-bond donors (Lipinski definition) is 1. The summed E-state index contributed by atoms with van der Waals surface area (Å²) in [5, 5.41) is 3.24. The molecule has 0 aliphatic carbocycles. The number of aryl methyl sites for hydroxylation is 1. The Labute approximate surface area is 113 Å². The maximum absolute atomic E-state index is 12.6. The van der Waals surface area contributed by atoms with Crippen molar-refractivity contribution in [1.82, 2.24) is 9.62 Å². The van der Waals surface area contributed by atoms with Gasteiger partial charge in [-0.05, 0) is 38.4 Å². The lowest BCUT2D eigenvalue weighted by molar-refractivity contribution is 0.336. The molecule has 6 heteroatoms. The second-order valence-corrected chi connectivity index (χ2v) is 8.03. The van der Waals surface area contributed by atoms with Gasteiger partial charge in [0.1, 0.15) is 4.21 Å². The highest BCUT2D eigenvalue weighted by molar-refractivity contribution is 7.91. The Morgan fingerprint density at radius 1 is 1.50 bits per heavy atom. The molecule has 1 atom stereocenters. The third-order valence-corrected chi connectivity index (χ3v) is 6.58. The van der Waals surface area contributed by atoms with Crippen LogP contribution in [0.25, 0.3) is 0 Å². The van der Waals surface area contributed by atoms with E-state index in [9.17, 15) is 8.42 Å². The first-order valence-electron chi connectivity index (χ1n) is 6.34. The van der Waals surface area contributed by atoms with Crippen molar-refractivity contribution in [2.75, 3.05) is 19.6 Å². The van der Waals surface area contributed by atoms with E-state index in [4.69, 9.17) is 0 Å². The second kappa shape index (κ2) is 5.69. The monoisotopic (exact) mass is 288 g/mol. The van der Waals surface area contributed by atoms with E-state index in [0.717, 1.165) is 30.8 Å². The summed E-state index contributed by atoms with van der Waals surface area (Å²) in [5.74, 6) is 0. The summed E-state index contributed by atoms with van der Waals surface area (Å²) in [7, 11) is -3.31. The molecule has 0 spiro atoms. The molecule has 18 heavy (non-hydrogen) atoms. The summed E-state index contributed by atoms with van der Waals surface area (Å²) in [5.41, 5.74) is 0. The third kappa shape index (κ3) is 2.77. The predicted molar refractivity (Wildman–Crippen MR) is 74.5 cm³/mol. The van der Waals surface area contributed by atoms with E-state index in [1.165, 1.54) is 11.3 Å². The number of thiophene rings is 1. The molecule has 102 valence electrons. The Morgan fingerprint density at radius 2 is 2.28 bits per heavy atom. The van der Waals surface area contributed by atoms with Crippen LogP contribution in [0.4, 0.5) is 0 Å². The first-order valence-corrected chi connectivity index (χ1v) is 8.60. The SMILES string of the molecule is CCCN(C1CCNC1)S(=O)(=O)c1ccc(C)s1. The molecule has 0 saturated carbocycles. The molecule has 1 aromatic heterocycles. The van der Waals surface area contributed by atoms with Gasteiger partial charge in [0.15, 0.2) is 0 Å². The van der Waals surface area contributed by atoms with Crippen LogP contribution in [0.3, 0.4) is 0 Å². The van der Waals surface area contributed by atoms with Gasteiger partial charge in [-0.2, -0.15) is 4.31 Å². The zero-order valence-corrected chi connectivity index (χ0v) is 12.5. The van der Waals surface area contributed by atoms with E-state index >= 15 is 0 Å². The molecule has 1 aliphatic rings. The van der Waals surface area contributed by atoms with Crippen LogP contribution in [-0.2, 0) is 10.0 Å². The van der Waals surface area contributed by atoms with Gasteiger partial charge in [0.25, 0.3) is 10.0 Å². The lowest BCUT2D eigenvalue weighted by atomic mass is 10.2. The molecule has 0 bridgehead atoms. The van der Waals surface area contributed by atoms with Gasteiger partial charge in [-0.15, -0.1) is 11.3 Å². The standard InChI is InChI=1S/C12H20N2O2S2/c1-3-8-14(11-6-7-13-9-11)18(15,16)12-5-4-10(2)17-12/h4-5,11,13H,3,6-9H2,1-2H3. The summed E-state index contributed by atoms with van der Waals surface area (Å²) in [6, 6.07) is 3.70. The van der Waals surface area contributed by atoms with Crippen LogP contribution in [0, 0.1) is 6.92 Å². The predicted octanol–water partition coefficient (Wildman–Crippen LogP) is 1.82. The molecular formula is C12H20N2O2S2. The van der Waals surface area contributed by atoms with Crippen LogP contribution in [0.1, 0.15) is 24.6 Å². The average Bonchev–Trinajstić information content (AvgIpc) is 2.96. The Kier molecular flexibility index (Phi) is 4.42. The summed E-state index contributed by atoms with van der Waals surface area (Å²) < 4.78 is 27.4. The summed E-state index contributed by atoms with van der Waals surface area (Å²) in [6.45, 7) is 6.23. The summed E-state index contributed by atoms with van der Waals surface area (Å²) in [4.78, 5) is 1.04. The zero-order valence-electron chi connectivity index (χ0n) is 10.8. The molecule has 2 heterocycles. The van der Waals surface area contributed by atoms with Crippen molar-refractivity contribution in [3.8, 4) is 0 Å². The molecule has 1 fully saturated rings. The molecule has 0 aromatic carbocycles. The average molecular weight is 288 g/mol. The Morgan fingerprint density at radius 3 is 2.78 bits per heavy atom. The van der Waals surface area contributed by atoms with Gasteiger partial charge in [0.05, 0.1) is 0 Å². The zero-order chi connectivity index (χ0) is 13.2. The van der Waals surface area contributed by atoms with Crippen LogP contribution >= 0.6 is 11.3 Å². The van der Waals surface area contributed by atoms with E-state index in [-0.39, 0.29) is 6.04 Å². The highest BCUT2D eigenvalue weighted by atomic mass is 32.2. The molecule has 1 unspecified atom stereocenters. The number of nitrogens with zero attached hydrogens (tertiary/aromatic N) is 1. The van der Waals surface area contributed by atoms with Crippen molar-refractivity contribution in [1.29, 1.82) is 0 Å². The minimum Gasteiger partial charge on any atom is -0.315 e. The quantitative estimate of drug-likeness (QED) is 0.899. The first-order chi connectivity index (χ1) is 8.55. The van der Waals surface area contributed by atoms with Crippen molar-refractivity contribution in [2.24, 2.45) is 0 Å². The van der Waals surface area contributed by atoms with Gasteiger partial charge in [-0.3, -0.25) is 0 Å². The fourth-order valence-electron chi connectivity index (χ4n) is 2.27. The fourth-order valence-corrected chi connectivity index (χ4v) is 5.43. The largest absolute Gasteiger partial charge is 0.315 e. The lowest BCUT2D eigenvalue weighted by Gasteiger charge is -2.26. The first kappa shape index (κ1) is 14.0. The van der Waals surface area contributed by atoms with Gasteiger partial charge in [0.2, 0.25) is 0 Å². The molecule has 1 aromatic rings. The summed E-state index contributed by atoms with van der Waals surface area (Å²) >= 11 is 1.36. The number of nitrogens with one attached hydrogen (secondary N) is 1. The van der Waals surface area contributed by atoms with Gasteiger partial charge >= 0.3 is 0 Å². The molecule has 0 amide bonds. The number of rotatable bonds is 5. The molecular weight excluding hydrogens is 268 g/mol. The lowest BCUT2D eigenvalue weighted by Crippen LogP contribution is -2.41. The second-order valence-electron chi connectivity index (χ2n) is 4.63. The van der Waals surface area contributed by atoms with Gasteiger partial charge in [-0.1, -0.05) is 6.92 Å². The molecule has 4 nitrogen and oxygen atoms in total. The van der Waals surface area contributed by atoms with Crippen LogP contribution in [0.5, 0.6) is 0 Å². The number of sulfonamides is 1. The maximum atomic E-state index is 12.6. The topological polar surface area (TPSA) is 49.4 Å².